The monoisotopic (exact) mass is 293 g/mol. The molecule has 2 heterocycles. The second-order valence-corrected chi connectivity index (χ2v) is 5.58. The Balaban J connectivity index is 2.14. The SMILES string of the molecule is CCc1nc(C2CCCC2)nc2[nH]cc(Br)c12. The average molecular weight is 294 g/mol. The normalized spacial score (nSPS) is 17.1. The van der Waals surface area contributed by atoms with Crippen molar-refractivity contribution < 1.29 is 0 Å². The number of hydrogen-bond acceptors (Lipinski definition) is 2. The van der Waals surface area contributed by atoms with Crippen LogP contribution in [-0.2, 0) is 6.42 Å². The number of aromatic nitrogens is 3. The number of aryl methyl sites for hydroxylation is 1. The van der Waals surface area contributed by atoms with Crippen LogP contribution in [0.4, 0.5) is 0 Å². The molecule has 3 nitrogen and oxygen atoms in total. The minimum atomic E-state index is 0.576. The van der Waals surface area contributed by atoms with Crippen LogP contribution < -0.4 is 0 Å². The van der Waals surface area contributed by atoms with Crippen LogP contribution in [-0.4, -0.2) is 15.0 Å². The lowest BCUT2D eigenvalue weighted by Gasteiger charge is -2.09. The van der Waals surface area contributed by atoms with Gasteiger partial charge in [-0.05, 0) is 35.2 Å². The zero-order chi connectivity index (χ0) is 11.8. The van der Waals surface area contributed by atoms with E-state index in [-0.39, 0.29) is 0 Å². The number of halogens is 1. The Bertz CT molecular complexity index is 541. The van der Waals surface area contributed by atoms with E-state index in [2.05, 4.69) is 32.8 Å². The number of H-pyrrole nitrogens is 1. The molecule has 0 radical (unpaired) electrons. The van der Waals surface area contributed by atoms with E-state index in [0.717, 1.165) is 33.4 Å². The maximum absolute atomic E-state index is 4.77. The van der Waals surface area contributed by atoms with Gasteiger partial charge in [0.1, 0.15) is 11.5 Å². The first-order valence-corrected chi connectivity index (χ1v) is 7.12. The summed E-state index contributed by atoms with van der Waals surface area (Å²) < 4.78 is 1.07. The van der Waals surface area contributed by atoms with E-state index in [4.69, 9.17) is 4.98 Å². The van der Waals surface area contributed by atoms with Gasteiger partial charge < -0.3 is 4.98 Å². The van der Waals surface area contributed by atoms with Gasteiger partial charge in [0.15, 0.2) is 0 Å². The molecule has 1 aliphatic rings. The summed E-state index contributed by atoms with van der Waals surface area (Å²) in [4.78, 5) is 12.7. The number of fused-ring (bicyclic) bond motifs is 1. The third kappa shape index (κ3) is 1.88. The smallest absolute Gasteiger partial charge is 0.142 e. The second-order valence-electron chi connectivity index (χ2n) is 4.72. The van der Waals surface area contributed by atoms with Crippen molar-refractivity contribution in [3.8, 4) is 0 Å². The predicted octanol–water partition coefficient (Wildman–Crippen LogP) is 3.94. The lowest BCUT2D eigenvalue weighted by Crippen LogP contribution is -2.04. The van der Waals surface area contributed by atoms with E-state index >= 15 is 0 Å². The molecule has 0 unspecified atom stereocenters. The lowest BCUT2D eigenvalue weighted by atomic mass is 10.1. The zero-order valence-corrected chi connectivity index (χ0v) is 11.5. The average Bonchev–Trinajstić information content (AvgIpc) is 2.98. The van der Waals surface area contributed by atoms with Crippen LogP contribution in [0.2, 0.25) is 0 Å². The Morgan fingerprint density at radius 3 is 2.82 bits per heavy atom. The van der Waals surface area contributed by atoms with Crippen LogP contribution >= 0.6 is 15.9 Å². The molecule has 0 spiro atoms. The molecule has 0 saturated heterocycles. The number of rotatable bonds is 2. The van der Waals surface area contributed by atoms with Gasteiger partial charge in [0, 0.05) is 16.6 Å². The van der Waals surface area contributed by atoms with Gasteiger partial charge in [-0.1, -0.05) is 19.8 Å². The first kappa shape index (κ1) is 11.2. The van der Waals surface area contributed by atoms with Gasteiger partial charge in [-0.15, -0.1) is 0 Å². The standard InChI is InChI=1S/C13H16BrN3/c1-2-10-11-9(14)7-15-13(11)17-12(16-10)8-5-3-4-6-8/h7-8H,2-6H2,1H3,(H,15,16,17). The topological polar surface area (TPSA) is 41.6 Å². The van der Waals surface area contributed by atoms with Crippen molar-refractivity contribution in [3.05, 3.63) is 22.2 Å². The Morgan fingerprint density at radius 1 is 1.35 bits per heavy atom. The van der Waals surface area contributed by atoms with E-state index in [1.54, 1.807) is 0 Å². The minimum absolute atomic E-state index is 0.576. The van der Waals surface area contributed by atoms with E-state index in [1.807, 2.05) is 6.20 Å². The van der Waals surface area contributed by atoms with Crippen molar-refractivity contribution in [1.82, 2.24) is 15.0 Å². The highest BCUT2D eigenvalue weighted by atomic mass is 79.9. The highest BCUT2D eigenvalue weighted by molar-refractivity contribution is 9.10. The molecular formula is C13H16BrN3. The van der Waals surface area contributed by atoms with Crippen molar-refractivity contribution in [2.75, 3.05) is 0 Å². The van der Waals surface area contributed by atoms with E-state index < -0.39 is 0 Å². The number of nitrogens with one attached hydrogen (secondary N) is 1. The van der Waals surface area contributed by atoms with Crippen molar-refractivity contribution >= 4 is 27.0 Å². The van der Waals surface area contributed by atoms with Gasteiger partial charge in [0.25, 0.3) is 0 Å². The van der Waals surface area contributed by atoms with Crippen molar-refractivity contribution in [1.29, 1.82) is 0 Å². The predicted molar refractivity (Wildman–Crippen MR) is 72.2 cm³/mol. The minimum Gasteiger partial charge on any atom is -0.345 e. The molecule has 3 rings (SSSR count). The maximum Gasteiger partial charge on any atom is 0.142 e. The Kier molecular flexibility index (Phi) is 2.90. The summed E-state index contributed by atoms with van der Waals surface area (Å²) in [6.45, 7) is 2.15. The highest BCUT2D eigenvalue weighted by Gasteiger charge is 2.21. The molecule has 0 aromatic carbocycles. The molecule has 17 heavy (non-hydrogen) atoms. The molecule has 1 fully saturated rings. The van der Waals surface area contributed by atoms with Gasteiger partial charge in [-0.3, -0.25) is 0 Å². The molecule has 90 valence electrons. The first-order valence-electron chi connectivity index (χ1n) is 6.33. The van der Waals surface area contributed by atoms with Gasteiger partial charge in [0.2, 0.25) is 0 Å². The second kappa shape index (κ2) is 4.41. The molecule has 1 aliphatic carbocycles. The third-order valence-electron chi connectivity index (χ3n) is 3.63. The van der Waals surface area contributed by atoms with Crippen molar-refractivity contribution in [3.63, 3.8) is 0 Å². The first-order chi connectivity index (χ1) is 8.29. The molecular weight excluding hydrogens is 278 g/mol. The molecule has 2 aromatic rings. The van der Waals surface area contributed by atoms with Gasteiger partial charge >= 0.3 is 0 Å². The van der Waals surface area contributed by atoms with E-state index in [1.165, 1.54) is 25.7 Å². The Labute approximate surface area is 109 Å². The van der Waals surface area contributed by atoms with Crippen LogP contribution in [0.5, 0.6) is 0 Å². The molecule has 0 bridgehead atoms. The van der Waals surface area contributed by atoms with Crippen LogP contribution in [0.25, 0.3) is 11.0 Å². The Morgan fingerprint density at radius 2 is 2.12 bits per heavy atom. The summed E-state index contributed by atoms with van der Waals surface area (Å²) in [5.74, 6) is 1.62. The molecule has 0 amide bonds. The largest absolute Gasteiger partial charge is 0.345 e. The fourth-order valence-electron chi connectivity index (χ4n) is 2.71. The number of hydrogen-bond donors (Lipinski definition) is 1. The van der Waals surface area contributed by atoms with E-state index in [0.29, 0.717) is 5.92 Å². The van der Waals surface area contributed by atoms with Crippen LogP contribution in [0.15, 0.2) is 10.7 Å². The fourth-order valence-corrected chi connectivity index (χ4v) is 3.24. The molecule has 0 aliphatic heterocycles. The maximum atomic E-state index is 4.77. The molecule has 2 aromatic heterocycles. The van der Waals surface area contributed by atoms with Gasteiger partial charge in [0.05, 0.1) is 11.1 Å². The molecule has 0 atom stereocenters. The van der Waals surface area contributed by atoms with Gasteiger partial charge in [-0.2, -0.15) is 0 Å². The summed E-state index contributed by atoms with van der Waals surface area (Å²) in [5, 5.41) is 1.15. The van der Waals surface area contributed by atoms with Gasteiger partial charge in [-0.25, -0.2) is 9.97 Å². The number of aromatic amines is 1. The lowest BCUT2D eigenvalue weighted by molar-refractivity contribution is 0.666. The number of nitrogens with zero attached hydrogens (tertiary/aromatic N) is 2. The Hall–Kier alpha value is -0.900. The summed E-state index contributed by atoms with van der Waals surface area (Å²) in [7, 11) is 0. The molecule has 4 heteroatoms. The quantitative estimate of drug-likeness (QED) is 0.911. The van der Waals surface area contributed by atoms with Crippen molar-refractivity contribution in [2.45, 2.75) is 44.9 Å². The third-order valence-corrected chi connectivity index (χ3v) is 4.26. The molecule has 1 saturated carbocycles. The van der Waals surface area contributed by atoms with Crippen LogP contribution in [0.1, 0.15) is 50.0 Å². The highest BCUT2D eigenvalue weighted by Crippen LogP contribution is 2.34. The molecule has 1 N–H and O–H groups in total. The zero-order valence-electron chi connectivity index (χ0n) is 9.96. The van der Waals surface area contributed by atoms with Crippen LogP contribution in [0.3, 0.4) is 0 Å². The van der Waals surface area contributed by atoms with Crippen LogP contribution in [0, 0.1) is 0 Å². The summed E-state index contributed by atoms with van der Waals surface area (Å²) in [6.07, 6.45) is 8.04. The van der Waals surface area contributed by atoms with E-state index in [9.17, 15) is 0 Å². The van der Waals surface area contributed by atoms with Crippen molar-refractivity contribution in [2.24, 2.45) is 0 Å². The summed E-state index contributed by atoms with van der Waals surface area (Å²) in [5.41, 5.74) is 2.13. The summed E-state index contributed by atoms with van der Waals surface area (Å²) >= 11 is 3.56. The summed E-state index contributed by atoms with van der Waals surface area (Å²) in [6, 6.07) is 0. The fraction of sp³-hybridized carbons (Fsp3) is 0.538.